The summed E-state index contributed by atoms with van der Waals surface area (Å²) in [6.45, 7) is 5.40. The first kappa shape index (κ1) is 15.0. The highest BCUT2D eigenvalue weighted by atomic mass is 19.4. The van der Waals surface area contributed by atoms with E-state index < -0.39 is 12.6 Å². The maximum atomic E-state index is 11.9. The largest absolute Gasteiger partial charge is 0.389 e. The van der Waals surface area contributed by atoms with Crippen molar-refractivity contribution in [3.05, 3.63) is 18.0 Å². The fourth-order valence-corrected chi connectivity index (χ4v) is 1.66. The molecule has 104 valence electrons. The second kappa shape index (κ2) is 6.78. The molecule has 0 bridgehead atoms. The highest BCUT2D eigenvalue weighted by molar-refractivity contribution is 5.08. The van der Waals surface area contributed by atoms with E-state index in [1.54, 1.807) is 6.20 Å². The molecule has 0 aromatic carbocycles. The van der Waals surface area contributed by atoms with Gasteiger partial charge in [-0.1, -0.05) is 0 Å². The number of aromatic nitrogens is 2. The van der Waals surface area contributed by atoms with Gasteiger partial charge in [0.2, 0.25) is 0 Å². The first-order chi connectivity index (χ1) is 8.42. The highest BCUT2D eigenvalue weighted by Crippen LogP contribution is 2.22. The zero-order valence-electron chi connectivity index (χ0n) is 10.8. The summed E-state index contributed by atoms with van der Waals surface area (Å²) < 4.78 is 37.6. The first-order valence-electron chi connectivity index (χ1n) is 6.25. The van der Waals surface area contributed by atoms with Crippen LogP contribution in [0.2, 0.25) is 0 Å². The lowest BCUT2D eigenvalue weighted by Gasteiger charge is -2.12. The molecule has 0 fully saturated rings. The van der Waals surface area contributed by atoms with Gasteiger partial charge in [0.15, 0.2) is 0 Å². The number of alkyl halides is 3. The molecule has 1 aromatic heterocycles. The SMILES string of the molecule is CCn1cc(C(C)NCCCCC(F)(F)F)cn1. The van der Waals surface area contributed by atoms with E-state index in [1.165, 1.54) is 0 Å². The van der Waals surface area contributed by atoms with Gasteiger partial charge in [0.05, 0.1) is 6.20 Å². The van der Waals surface area contributed by atoms with Crippen molar-refractivity contribution in [3.63, 3.8) is 0 Å². The predicted molar refractivity (Wildman–Crippen MR) is 64.2 cm³/mol. The fourth-order valence-electron chi connectivity index (χ4n) is 1.66. The van der Waals surface area contributed by atoms with Crippen LogP contribution in [-0.2, 0) is 6.54 Å². The summed E-state index contributed by atoms with van der Waals surface area (Å²) in [5.41, 5.74) is 1.06. The van der Waals surface area contributed by atoms with Gasteiger partial charge in [-0.3, -0.25) is 4.68 Å². The van der Waals surface area contributed by atoms with Gasteiger partial charge in [-0.15, -0.1) is 0 Å². The zero-order valence-corrected chi connectivity index (χ0v) is 10.8. The number of rotatable bonds is 7. The predicted octanol–water partition coefficient (Wildman–Crippen LogP) is 3.29. The van der Waals surface area contributed by atoms with Gasteiger partial charge in [0.1, 0.15) is 0 Å². The second-order valence-electron chi connectivity index (χ2n) is 4.38. The molecule has 0 saturated carbocycles. The molecule has 1 N–H and O–H groups in total. The maximum absolute atomic E-state index is 11.9. The number of halogens is 3. The van der Waals surface area contributed by atoms with E-state index in [9.17, 15) is 13.2 Å². The Morgan fingerprint density at radius 3 is 2.67 bits per heavy atom. The summed E-state index contributed by atoms with van der Waals surface area (Å²) in [4.78, 5) is 0. The van der Waals surface area contributed by atoms with Crippen molar-refractivity contribution in [3.8, 4) is 0 Å². The van der Waals surface area contributed by atoms with Gasteiger partial charge < -0.3 is 5.32 Å². The normalized spacial score (nSPS) is 13.8. The molecule has 0 aliphatic heterocycles. The molecule has 0 aliphatic rings. The van der Waals surface area contributed by atoms with Crippen LogP contribution in [0, 0.1) is 0 Å². The molecular formula is C12H20F3N3. The minimum absolute atomic E-state index is 0.121. The Kier molecular flexibility index (Phi) is 5.65. The fraction of sp³-hybridized carbons (Fsp3) is 0.750. The lowest BCUT2D eigenvalue weighted by atomic mass is 10.2. The number of unbranched alkanes of at least 4 members (excludes halogenated alkanes) is 1. The van der Waals surface area contributed by atoms with Crippen molar-refractivity contribution in [2.45, 2.75) is 51.9 Å². The Balaban J connectivity index is 2.19. The minimum Gasteiger partial charge on any atom is -0.310 e. The topological polar surface area (TPSA) is 29.9 Å². The van der Waals surface area contributed by atoms with Crippen LogP contribution in [0.4, 0.5) is 13.2 Å². The molecule has 1 rings (SSSR count). The molecule has 18 heavy (non-hydrogen) atoms. The Morgan fingerprint density at radius 1 is 1.39 bits per heavy atom. The van der Waals surface area contributed by atoms with Crippen LogP contribution in [0.3, 0.4) is 0 Å². The second-order valence-corrected chi connectivity index (χ2v) is 4.38. The Labute approximate surface area is 105 Å². The summed E-state index contributed by atoms with van der Waals surface area (Å²) >= 11 is 0. The van der Waals surface area contributed by atoms with E-state index in [2.05, 4.69) is 10.4 Å². The van der Waals surface area contributed by atoms with Crippen molar-refractivity contribution >= 4 is 0 Å². The van der Waals surface area contributed by atoms with E-state index in [4.69, 9.17) is 0 Å². The van der Waals surface area contributed by atoms with E-state index in [1.807, 2.05) is 24.7 Å². The number of aryl methyl sites for hydroxylation is 1. The lowest BCUT2D eigenvalue weighted by molar-refractivity contribution is -0.135. The summed E-state index contributed by atoms with van der Waals surface area (Å²) in [5, 5.41) is 7.36. The van der Waals surface area contributed by atoms with E-state index in [0.29, 0.717) is 13.0 Å². The van der Waals surface area contributed by atoms with Crippen LogP contribution in [-0.4, -0.2) is 22.5 Å². The Hall–Kier alpha value is -1.04. The van der Waals surface area contributed by atoms with E-state index in [0.717, 1.165) is 12.1 Å². The minimum atomic E-state index is -4.03. The molecule has 6 heteroatoms. The summed E-state index contributed by atoms with van der Waals surface area (Å²) in [6, 6.07) is 0.121. The summed E-state index contributed by atoms with van der Waals surface area (Å²) in [6.07, 6.45) is -0.280. The Morgan fingerprint density at radius 2 is 2.11 bits per heavy atom. The van der Waals surface area contributed by atoms with Crippen molar-refractivity contribution in [1.82, 2.24) is 15.1 Å². The van der Waals surface area contributed by atoms with Crippen LogP contribution in [0.25, 0.3) is 0 Å². The highest BCUT2D eigenvalue weighted by Gasteiger charge is 2.25. The van der Waals surface area contributed by atoms with Crippen molar-refractivity contribution in [2.75, 3.05) is 6.54 Å². The molecule has 0 spiro atoms. The Bertz CT molecular complexity index is 347. The lowest BCUT2D eigenvalue weighted by Crippen LogP contribution is -2.20. The molecule has 0 aliphatic carbocycles. The number of nitrogens with one attached hydrogen (secondary N) is 1. The maximum Gasteiger partial charge on any atom is 0.389 e. The molecule has 0 amide bonds. The van der Waals surface area contributed by atoms with Gasteiger partial charge in [-0.25, -0.2) is 0 Å². The van der Waals surface area contributed by atoms with Crippen molar-refractivity contribution < 1.29 is 13.2 Å². The third-order valence-electron chi connectivity index (χ3n) is 2.81. The van der Waals surface area contributed by atoms with Gasteiger partial charge in [-0.05, 0) is 33.2 Å². The molecule has 0 saturated heterocycles. The number of nitrogens with zero attached hydrogens (tertiary/aromatic N) is 2. The molecule has 0 radical (unpaired) electrons. The van der Waals surface area contributed by atoms with E-state index >= 15 is 0 Å². The van der Waals surface area contributed by atoms with Crippen LogP contribution in [0.15, 0.2) is 12.4 Å². The quantitative estimate of drug-likeness (QED) is 0.765. The van der Waals surface area contributed by atoms with Crippen LogP contribution < -0.4 is 5.32 Å². The third-order valence-corrected chi connectivity index (χ3v) is 2.81. The van der Waals surface area contributed by atoms with Crippen LogP contribution >= 0.6 is 0 Å². The molecule has 1 aromatic rings. The standard InChI is InChI=1S/C12H20F3N3/c1-3-18-9-11(8-17-18)10(2)16-7-5-4-6-12(13,14)15/h8-10,16H,3-7H2,1-2H3. The van der Waals surface area contributed by atoms with Crippen molar-refractivity contribution in [1.29, 1.82) is 0 Å². The molecule has 1 atom stereocenters. The first-order valence-corrected chi connectivity index (χ1v) is 6.25. The summed E-state index contributed by atoms with van der Waals surface area (Å²) in [5.74, 6) is 0. The average Bonchev–Trinajstić information content (AvgIpc) is 2.75. The van der Waals surface area contributed by atoms with Gasteiger partial charge >= 0.3 is 6.18 Å². The molecule has 1 heterocycles. The number of hydrogen-bond donors (Lipinski definition) is 1. The molecular weight excluding hydrogens is 243 g/mol. The van der Waals surface area contributed by atoms with Gasteiger partial charge in [0.25, 0.3) is 0 Å². The smallest absolute Gasteiger partial charge is 0.310 e. The number of hydrogen-bond acceptors (Lipinski definition) is 2. The average molecular weight is 263 g/mol. The monoisotopic (exact) mass is 263 g/mol. The van der Waals surface area contributed by atoms with Gasteiger partial charge in [-0.2, -0.15) is 18.3 Å². The van der Waals surface area contributed by atoms with Crippen molar-refractivity contribution in [2.24, 2.45) is 0 Å². The van der Waals surface area contributed by atoms with Crippen LogP contribution in [0.5, 0.6) is 0 Å². The zero-order chi connectivity index (χ0) is 13.6. The van der Waals surface area contributed by atoms with Crippen LogP contribution in [0.1, 0.15) is 44.7 Å². The van der Waals surface area contributed by atoms with Gasteiger partial charge in [0, 0.05) is 30.8 Å². The summed E-state index contributed by atoms with van der Waals surface area (Å²) in [7, 11) is 0. The molecule has 1 unspecified atom stereocenters. The third kappa shape index (κ3) is 5.53. The molecule has 3 nitrogen and oxygen atoms in total. The van der Waals surface area contributed by atoms with E-state index in [-0.39, 0.29) is 12.5 Å².